The van der Waals surface area contributed by atoms with Gasteiger partial charge in [-0.15, -0.1) is 10.2 Å². The molecule has 2 heterocycles. The number of hydrogen-bond acceptors (Lipinski definition) is 5. The summed E-state index contributed by atoms with van der Waals surface area (Å²) < 4.78 is 1.75. The van der Waals surface area contributed by atoms with E-state index in [0.29, 0.717) is 32.9 Å². The van der Waals surface area contributed by atoms with Gasteiger partial charge >= 0.3 is 0 Å². The highest BCUT2D eigenvalue weighted by molar-refractivity contribution is 6.43. The summed E-state index contributed by atoms with van der Waals surface area (Å²) in [6.45, 7) is 0. The average Bonchev–Trinajstić information content (AvgIpc) is 3.20. The molecule has 0 bridgehead atoms. The van der Waals surface area contributed by atoms with Gasteiger partial charge in [-0.2, -0.15) is 0 Å². The molecule has 0 fully saturated rings. The topological polar surface area (TPSA) is 72.9 Å². The number of aromatic nitrogens is 4. The number of pyridine rings is 1. The summed E-state index contributed by atoms with van der Waals surface area (Å²) in [6.07, 6.45) is 3.32. The second kappa shape index (κ2) is 7.73. The van der Waals surface area contributed by atoms with Crippen molar-refractivity contribution in [2.45, 2.75) is 0 Å². The van der Waals surface area contributed by atoms with Gasteiger partial charge in [0, 0.05) is 31.5 Å². The van der Waals surface area contributed by atoms with Crippen LogP contribution in [0, 0.1) is 0 Å². The van der Waals surface area contributed by atoms with Gasteiger partial charge in [0.15, 0.2) is 5.82 Å². The fourth-order valence-corrected chi connectivity index (χ4v) is 3.42. The molecule has 0 saturated heterocycles. The van der Waals surface area contributed by atoms with Crippen molar-refractivity contribution in [3.8, 4) is 28.2 Å². The van der Waals surface area contributed by atoms with Crippen LogP contribution in [0.1, 0.15) is 0 Å². The maximum absolute atomic E-state index is 6.39. The molecule has 2 N–H and O–H groups in total. The molecule has 0 aliphatic carbocycles. The summed E-state index contributed by atoms with van der Waals surface area (Å²) in [4.78, 5) is 6.42. The largest absolute Gasteiger partial charge is 0.383 e. The molecule has 6 nitrogen and oxygen atoms in total. The van der Waals surface area contributed by atoms with Crippen molar-refractivity contribution >= 4 is 34.7 Å². The third kappa shape index (κ3) is 3.64. The first kappa shape index (κ1) is 19.2. The molecule has 0 unspecified atom stereocenters. The lowest BCUT2D eigenvalue weighted by Crippen LogP contribution is -2.07. The number of halogens is 2. The normalized spacial score (nSPS) is 10.9. The molecule has 0 atom stereocenters. The Balaban J connectivity index is 1.80. The van der Waals surface area contributed by atoms with E-state index in [1.807, 2.05) is 49.3 Å². The van der Waals surface area contributed by atoms with Gasteiger partial charge in [0.1, 0.15) is 12.1 Å². The lowest BCUT2D eigenvalue weighted by atomic mass is 10.0. The molecular formula is C21H18Cl2N6. The highest BCUT2D eigenvalue weighted by atomic mass is 35.5. The third-order valence-electron chi connectivity index (χ3n) is 4.61. The number of benzene rings is 2. The van der Waals surface area contributed by atoms with Crippen LogP contribution in [0.4, 0.5) is 11.5 Å². The van der Waals surface area contributed by atoms with Crippen molar-refractivity contribution in [3.05, 3.63) is 71.1 Å². The van der Waals surface area contributed by atoms with Crippen molar-refractivity contribution in [3.63, 3.8) is 0 Å². The SMILES string of the molecule is CN(C)c1ccc(-c2cnc(N)c(-c3nncn3-c3cccc(Cl)c3Cl)c2)cc1. The lowest BCUT2D eigenvalue weighted by molar-refractivity contribution is 1.06. The van der Waals surface area contributed by atoms with Crippen LogP contribution < -0.4 is 10.6 Å². The zero-order valence-electron chi connectivity index (χ0n) is 15.8. The summed E-state index contributed by atoms with van der Waals surface area (Å²) >= 11 is 12.6. The van der Waals surface area contributed by atoms with E-state index >= 15 is 0 Å². The summed E-state index contributed by atoms with van der Waals surface area (Å²) in [6, 6.07) is 15.5. The van der Waals surface area contributed by atoms with Gasteiger partial charge in [0.25, 0.3) is 0 Å². The maximum Gasteiger partial charge on any atom is 0.172 e. The van der Waals surface area contributed by atoms with Crippen LogP contribution in [0.2, 0.25) is 10.0 Å². The number of rotatable bonds is 4. The summed E-state index contributed by atoms with van der Waals surface area (Å²) in [5, 5.41) is 9.16. The molecule has 0 spiro atoms. The molecule has 29 heavy (non-hydrogen) atoms. The maximum atomic E-state index is 6.39. The van der Waals surface area contributed by atoms with E-state index in [1.54, 1.807) is 23.2 Å². The monoisotopic (exact) mass is 424 g/mol. The van der Waals surface area contributed by atoms with E-state index in [2.05, 4.69) is 27.3 Å². The highest BCUT2D eigenvalue weighted by Gasteiger charge is 2.17. The second-order valence-electron chi connectivity index (χ2n) is 6.70. The van der Waals surface area contributed by atoms with Gasteiger partial charge in [0.05, 0.1) is 21.3 Å². The molecule has 2 aromatic heterocycles. The van der Waals surface area contributed by atoms with Crippen LogP contribution in [-0.2, 0) is 0 Å². The minimum atomic E-state index is 0.353. The molecule has 0 aliphatic rings. The molecule has 146 valence electrons. The fraction of sp³-hybridized carbons (Fsp3) is 0.0952. The van der Waals surface area contributed by atoms with Crippen LogP contribution in [-0.4, -0.2) is 33.8 Å². The molecule has 8 heteroatoms. The highest BCUT2D eigenvalue weighted by Crippen LogP contribution is 2.34. The van der Waals surface area contributed by atoms with Crippen LogP contribution in [0.15, 0.2) is 61.1 Å². The van der Waals surface area contributed by atoms with Gasteiger partial charge in [-0.05, 0) is 35.9 Å². The van der Waals surface area contributed by atoms with Crippen molar-refractivity contribution in [1.82, 2.24) is 19.7 Å². The predicted molar refractivity (Wildman–Crippen MR) is 119 cm³/mol. The van der Waals surface area contributed by atoms with Crippen molar-refractivity contribution in [2.24, 2.45) is 0 Å². The Kier molecular flexibility index (Phi) is 5.13. The van der Waals surface area contributed by atoms with Gasteiger partial charge in [-0.3, -0.25) is 4.57 Å². The van der Waals surface area contributed by atoms with Crippen molar-refractivity contribution in [2.75, 3.05) is 24.7 Å². The Morgan fingerprint density at radius 1 is 1.00 bits per heavy atom. The van der Waals surface area contributed by atoms with Crippen LogP contribution in [0.25, 0.3) is 28.2 Å². The predicted octanol–water partition coefficient (Wildman–Crippen LogP) is 4.95. The standard InChI is InChI=1S/C21H18Cl2N6/c1-28(2)15-8-6-13(7-9-15)14-10-16(20(24)25-11-14)21-27-26-12-29(21)18-5-3-4-17(22)19(18)23/h3-12H,1-2H3,(H2,24,25). The van der Waals surface area contributed by atoms with Crippen LogP contribution in [0.3, 0.4) is 0 Å². The van der Waals surface area contributed by atoms with E-state index in [9.17, 15) is 0 Å². The first-order valence-corrected chi connectivity index (χ1v) is 9.59. The Bertz CT molecular complexity index is 1170. The zero-order valence-corrected chi connectivity index (χ0v) is 17.4. The third-order valence-corrected chi connectivity index (χ3v) is 5.42. The quantitative estimate of drug-likeness (QED) is 0.501. The van der Waals surface area contributed by atoms with Crippen molar-refractivity contribution in [1.29, 1.82) is 0 Å². The molecule has 0 aliphatic heterocycles. The smallest absolute Gasteiger partial charge is 0.172 e. The summed E-state index contributed by atoms with van der Waals surface area (Å²) in [5.41, 5.74) is 10.6. The Morgan fingerprint density at radius 3 is 2.48 bits per heavy atom. The molecule has 4 rings (SSSR count). The zero-order chi connectivity index (χ0) is 20.5. The molecule has 0 amide bonds. The fourth-order valence-electron chi connectivity index (χ4n) is 3.04. The van der Waals surface area contributed by atoms with Crippen LogP contribution >= 0.6 is 23.2 Å². The first-order chi connectivity index (χ1) is 14.0. The molecule has 0 radical (unpaired) electrons. The number of nitrogen functional groups attached to an aromatic ring is 1. The molecule has 4 aromatic rings. The molecule has 0 saturated carbocycles. The van der Waals surface area contributed by atoms with Gasteiger partial charge in [-0.1, -0.05) is 41.4 Å². The van der Waals surface area contributed by atoms with E-state index in [0.717, 1.165) is 16.8 Å². The van der Waals surface area contributed by atoms with Crippen molar-refractivity contribution < 1.29 is 0 Å². The number of anilines is 2. The second-order valence-corrected chi connectivity index (χ2v) is 7.48. The first-order valence-electron chi connectivity index (χ1n) is 8.84. The van der Waals surface area contributed by atoms with E-state index < -0.39 is 0 Å². The van der Waals surface area contributed by atoms with Gasteiger partial charge in [0.2, 0.25) is 0 Å². The van der Waals surface area contributed by atoms with Gasteiger partial charge in [-0.25, -0.2) is 4.98 Å². The Hall–Kier alpha value is -3.09. The van der Waals surface area contributed by atoms with Crippen LogP contribution in [0.5, 0.6) is 0 Å². The number of hydrogen-bond donors (Lipinski definition) is 1. The minimum absolute atomic E-state index is 0.353. The average molecular weight is 425 g/mol. The molecule has 2 aromatic carbocycles. The Morgan fingerprint density at radius 2 is 1.76 bits per heavy atom. The Labute approximate surface area is 178 Å². The lowest BCUT2D eigenvalue weighted by Gasteiger charge is -2.14. The van der Waals surface area contributed by atoms with Gasteiger partial charge < -0.3 is 10.6 Å². The summed E-state index contributed by atoms with van der Waals surface area (Å²) in [5.74, 6) is 0.886. The van der Waals surface area contributed by atoms with E-state index in [-0.39, 0.29) is 0 Å². The van der Waals surface area contributed by atoms with E-state index in [1.165, 1.54) is 0 Å². The minimum Gasteiger partial charge on any atom is -0.383 e. The molecular weight excluding hydrogens is 407 g/mol. The number of nitrogens with zero attached hydrogens (tertiary/aromatic N) is 5. The summed E-state index contributed by atoms with van der Waals surface area (Å²) in [7, 11) is 4.01. The number of nitrogens with two attached hydrogens (primary N) is 1. The van der Waals surface area contributed by atoms with E-state index in [4.69, 9.17) is 28.9 Å².